The Kier molecular flexibility index (Phi) is 5.01. The Hall–Kier alpha value is -2.53. The normalized spacial score (nSPS) is 11.5. The zero-order chi connectivity index (χ0) is 16.1. The van der Waals surface area contributed by atoms with Gasteiger partial charge in [-0.05, 0) is 42.3 Å². The standard InChI is InChI=1S/C16H16ClN3O2/c1-10-4-2-3-5-13(10)14(15(18)21)20-16(22)19-12-8-6-11(17)7-9-12/h2-9,14H,1H3,(H2,18,21)(H2,19,20,22). The van der Waals surface area contributed by atoms with Gasteiger partial charge in [0.05, 0.1) is 0 Å². The van der Waals surface area contributed by atoms with Crippen LogP contribution in [-0.4, -0.2) is 11.9 Å². The van der Waals surface area contributed by atoms with E-state index in [0.717, 1.165) is 5.56 Å². The molecule has 0 aliphatic rings. The molecule has 2 aromatic carbocycles. The summed E-state index contributed by atoms with van der Waals surface area (Å²) in [5.41, 5.74) is 7.51. The minimum Gasteiger partial charge on any atom is -0.368 e. The lowest BCUT2D eigenvalue weighted by molar-refractivity contribution is -0.119. The number of rotatable bonds is 4. The van der Waals surface area contributed by atoms with Gasteiger partial charge >= 0.3 is 6.03 Å². The van der Waals surface area contributed by atoms with Gasteiger partial charge in [0.1, 0.15) is 6.04 Å². The first-order chi connectivity index (χ1) is 10.5. The maximum atomic E-state index is 12.0. The maximum absolute atomic E-state index is 12.0. The molecule has 0 bridgehead atoms. The van der Waals surface area contributed by atoms with Crippen molar-refractivity contribution in [3.05, 3.63) is 64.7 Å². The van der Waals surface area contributed by atoms with Crippen molar-refractivity contribution in [2.75, 3.05) is 5.32 Å². The smallest absolute Gasteiger partial charge is 0.320 e. The first kappa shape index (κ1) is 15.9. The number of nitrogens with one attached hydrogen (secondary N) is 2. The third kappa shape index (κ3) is 3.99. The largest absolute Gasteiger partial charge is 0.368 e. The Morgan fingerprint density at radius 1 is 1.09 bits per heavy atom. The van der Waals surface area contributed by atoms with Crippen LogP contribution in [0.3, 0.4) is 0 Å². The molecule has 5 nitrogen and oxygen atoms in total. The van der Waals surface area contributed by atoms with Gasteiger partial charge in [0, 0.05) is 10.7 Å². The van der Waals surface area contributed by atoms with Crippen molar-refractivity contribution in [2.45, 2.75) is 13.0 Å². The van der Waals surface area contributed by atoms with Crippen LogP contribution in [0.2, 0.25) is 5.02 Å². The topological polar surface area (TPSA) is 84.2 Å². The molecule has 0 radical (unpaired) electrons. The van der Waals surface area contributed by atoms with E-state index in [1.165, 1.54) is 0 Å². The molecular formula is C16H16ClN3O2. The molecule has 0 saturated heterocycles. The summed E-state index contributed by atoms with van der Waals surface area (Å²) in [6.45, 7) is 1.85. The quantitative estimate of drug-likeness (QED) is 0.810. The number of carbonyl (C=O) groups excluding carboxylic acids is 2. The molecule has 114 valence electrons. The summed E-state index contributed by atoms with van der Waals surface area (Å²) < 4.78 is 0. The van der Waals surface area contributed by atoms with E-state index in [-0.39, 0.29) is 0 Å². The maximum Gasteiger partial charge on any atom is 0.320 e. The van der Waals surface area contributed by atoms with Crippen LogP contribution in [0.1, 0.15) is 17.2 Å². The van der Waals surface area contributed by atoms with Crippen LogP contribution in [0, 0.1) is 6.92 Å². The summed E-state index contributed by atoms with van der Waals surface area (Å²) in [7, 11) is 0. The van der Waals surface area contributed by atoms with E-state index < -0.39 is 18.0 Å². The fraction of sp³-hybridized carbons (Fsp3) is 0.125. The Balaban J connectivity index is 2.11. The van der Waals surface area contributed by atoms with Gasteiger partial charge in [-0.1, -0.05) is 35.9 Å². The van der Waals surface area contributed by atoms with E-state index in [1.807, 2.05) is 19.1 Å². The van der Waals surface area contributed by atoms with Crippen molar-refractivity contribution in [2.24, 2.45) is 5.73 Å². The van der Waals surface area contributed by atoms with Gasteiger partial charge in [-0.25, -0.2) is 4.79 Å². The van der Waals surface area contributed by atoms with Gasteiger partial charge in [0.25, 0.3) is 0 Å². The van der Waals surface area contributed by atoms with E-state index in [2.05, 4.69) is 10.6 Å². The zero-order valence-electron chi connectivity index (χ0n) is 12.0. The van der Waals surface area contributed by atoms with Gasteiger partial charge in [-0.3, -0.25) is 4.79 Å². The molecule has 4 N–H and O–H groups in total. The fourth-order valence-electron chi connectivity index (χ4n) is 2.04. The fourth-order valence-corrected chi connectivity index (χ4v) is 2.17. The van der Waals surface area contributed by atoms with Gasteiger partial charge in [0.2, 0.25) is 5.91 Å². The molecule has 3 amide bonds. The van der Waals surface area contributed by atoms with Gasteiger partial charge < -0.3 is 16.4 Å². The molecule has 2 rings (SSSR count). The van der Waals surface area contributed by atoms with E-state index in [4.69, 9.17) is 17.3 Å². The van der Waals surface area contributed by atoms with Crippen LogP contribution in [0.4, 0.5) is 10.5 Å². The summed E-state index contributed by atoms with van der Waals surface area (Å²) in [5.74, 6) is -0.624. The van der Waals surface area contributed by atoms with E-state index in [0.29, 0.717) is 16.3 Å². The molecule has 1 atom stereocenters. The lowest BCUT2D eigenvalue weighted by Gasteiger charge is -2.18. The zero-order valence-corrected chi connectivity index (χ0v) is 12.7. The summed E-state index contributed by atoms with van der Waals surface area (Å²) in [6, 6.07) is 12.5. The molecule has 2 aromatic rings. The predicted molar refractivity (Wildman–Crippen MR) is 86.7 cm³/mol. The first-order valence-electron chi connectivity index (χ1n) is 6.65. The van der Waals surface area contributed by atoms with Gasteiger partial charge in [-0.15, -0.1) is 0 Å². The number of halogens is 1. The number of hydrogen-bond donors (Lipinski definition) is 3. The number of anilines is 1. The van der Waals surface area contributed by atoms with Crippen molar-refractivity contribution in [1.82, 2.24) is 5.32 Å². The van der Waals surface area contributed by atoms with E-state index >= 15 is 0 Å². The van der Waals surface area contributed by atoms with Crippen LogP contribution >= 0.6 is 11.6 Å². The van der Waals surface area contributed by atoms with Crippen LogP contribution in [-0.2, 0) is 4.79 Å². The highest BCUT2D eigenvalue weighted by atomic mass is 35.5. The van der Waals surface area contributed by atoms with Crippen LogP contribution in [0.5, 0.6) is 0 Å². The molecule has 6 heteroatoms. The lowest BCUT2D eigenvalue weighted by Crippen LogP contribution is -2.40. The number of aryl methyl sites for hydroxylation is 1. The van der Waals surface area contributed by atoms with Crippen LogP contribution in [0.25, 0.3) is 0 Å². The molecule has 0 spiro atoms. The number of benzene rings is 2. The molecule has 1 unspecified atom stereocenters. The second kappa shape index (κ2) is 6.95. The van der Waals surface area contributed by atoms with Crippen LogP contribution < -0.4 is 16.4 Å². The average molecular weight is 318 g/mol. The Labute approximate surface area is 133 Å². The third-order valence-corrected chi connectivity index (χ3v) is 3.41. The molecule has 0 aromatic heterocycles. The Morgan fingerprint density at radius 3 is 2.32 bits per heavy atom. The Morgan fingerprint density at radius 2 is 1.73 bits per heavy atom. The molecule has 0 fully saturated rings. The SMILES string of the molecule is Cc1ccccc1C(NC(=O)Nc1ccc(Cl)cc1)C(N)=O. The number of amides is 3. The third-order valence-electron chi connectivity index (χ3n) is 3.16. The highest BCUT2D eigenvalue weighted by Crippen LogP contribution is 2.18. The first-order valence-corrected chi connectivity index (χ1v) is 7.03. The van der Waals surface area contributed by atoms with Gasteiger partial charge in [-0.2, -0.15) is 0 Å². The molecule has 0 aliphatic carbocycles. The van der Waals surface area contributed by atoms with Crippen molar-refractivity contribution >= 4 is 29.2 Å². The summed E-state index contributed by atoms with van der Waals surface area (Å²) in [4.78, 5) is 23.7. The summed E-state index contributed by atoms with van der Waals surface area (Å²) in [6.07, 6.45) is 0. The van der Waals surface area contributed by atoms with Crippen molar-refractivity contribution in [3.63, 3.8) is 0 Å². The number of nitrogens with two attached hydrogens (primary N) is 1. The van der Waals surface area contributed by atoms with Crippen molar-refractivity contribution < 1.29 is 9.59 Å². The van der Waals surface area contributed by atoms with E-state index in [1.54, 1.807) is 36.4 Å². The average Bonchev–Trinajstić information content (AvgIpc) is 2.48. The van der Waals surface area contributed by atoms with Crippen LogP contribution in [0.15, 0.2) is 48.5 Å². The minimum atomic E-state index is -0.895. The van der Waals surface area contributed by atoms with Gasteiger partial charge in [0.15, 0.2) is 0 Å². The highest BCUT2D eigenvalue weighted by molar-refractivity contribution is 6.30. The molecule has 0 aliphatic heterocycles. The molecule has 0 heterocycles. The lowest BCUT2D eigenvalue weighted by atomic mass is 10.0. The van der Waals surface area contributed by atoms with E-state index in [9.17, 15) is 9.59 Å². The van der Waals surface area contributed by atoms with Crippen molar-refractivity contribution in [3.8, 4) is 0 Å². The summed E-state index contributed by atoms with van der Waals surface area (Å²) >= 11 is 5.78. The number of hydrogen-bond acceptors (Lipinski definition) is 2. The highest BCUT2D eigenvalue weighted by Gasteiger charge is 2.21. The molecule has 0 saturated carbocycles. The predicted octanol–water partition coefficient (Wildman–Crippen LogP) is 3.00. The number of primary amides is 1. The Bertz CT molecular complexity index is 686. The number of carbonyl (C=O) groups is 2. The molecule has 22 heavy (non-hydrogen) atoms. The van der Waals surface area contributed by atoms with Crippen molar-refractivity contribution in [1.29, 1.82) is 0 Å². The second-order valence-electron chi connectivity index (χ2n) is 4.80. The molecular weight excluding hydrogens is 302 g/mol. The minimum absolute atomic E-state index is 0.519. The summed E-state index contributed by atoms with van der Waals surface area (Å²) in [5, 5.41) is 5.78. The monoisotopic (exact) mass is 317 g/mol. The second-order valence-corrected chi connectivity index (χ2v) is 5.23. The number of urea groups is 1.